The van der Waals surface area contributed by atoms with E-state index in [0.29, 0.717) is 17.7 Å². The average molecular weight is 280 g/mol. The molecule has 0 aliphatic heterocycles. The van der Waals surface area contributed by atoms with Crippen molar-refractivity contribution in [1.82, 2.24) is 4.98 Å². The molecule has 0 saturated carbocycles. The summed E-state index contributed by atoms with van der Waals surface area (Å²) in [7, 11) is 0. The number of hydrogen-bond acceptors (Lipinski definition) is 3. The number of aromatic amines is 1. The summed E-state index contributed by atoms with van der Waals surface area (Å²) in [5, 5.41) is 11.3. The zero-order chi connectivity index (χ0) is 14.9. The second kappa shape index (κ2) is 5.12. The second-order valence-electron chi connectivity index (χ2n) is 4.14. The Morgan fingerprint density at radius 3 is 2.40 bits per heavy atom. The molecule has 0 bridgehead atoms. The highest BCUT2D eigenvalue weighted by molar-refractivity contribution is 6.04. The van der Waals surface area contributed by atoms with E-state index in [1.165, 1.54) is 12.3 Å². The lowest BCUT2D eigenvalue weighted by molar-refractivity contribution is 0.102. The second-order valence-corrected chi connectivity index (χ2v) is 4.14. The predicted molar refractivity (Wildman–Crippen MR) is 67.8 cm³/mol. The van der Waals surface area contributed by atoms with Gasteiger partial charge in [0.1, 0.15) is 0 Å². The van der Waals surface area contributed by atoms with Crippen molar-refractivity contribution in [3.63, 3.8) is 0 Å². The van der Waals surface area contributed by atoms with Gasteiger partial charge in [0, 0.05) is 17.3 Å². The van der Waals surface area contributed by atoms with Crippen molar-refractivity contribution in [1.29, 1.82) is 0 Å². The third kappa shape index (κ3) is 2.66. The van der Waals surface area contributed by atoms with Gasteiger partial charge >= 0.3 is 0 Å². The van der Waals surface area contributed by atoms with Gasteiger partial charge < -0.3 is 15.4 Å². The van der Waals surface area contributed by atoms with Crippen LogP contribution in [0.4, 0.5) is 14.5 Å². The number of carbonyl (C=O) groups excluding carboxylic acids is 1. The van der Waals surface area contributed by atoms with E-state index in [4.69, 9.17) is 5.11 Å². The standard InChI is InChI=1S/C13H10F2N2O3/c1-6-2-8(5-16-12(6)19)17-13(20)7-3-9(14)11(18)10(15)4-7/h2-5,18H,1H3,(H,16,19)(H,17,20). The Hall–Kier alpha value is -2.70. The fourth-order valence-corrected chi connectivity index (χ4v) is 1.57. The van der Waals surface area contributed by atoms with Gasteiger partial charge in [-0.3, -0.25) is 9.59 Å². The van der Waals surface area contributed by atoms with Crippen LogP contribution in [0.15, 0.2) is 29.2 Å². The SMILES string of the molecule is Cc1cc(NC(=O)c2cc(F)c(O)c(F)c2)c[nH]c1=O. The smallest absolute Gasteiger partial charge is 0.255 e. The van der Waals surface area contributed by atoms with Crippen molar-refractivity contribution in [2.75, 3.05) is 5.32 Å². The zero-order valence-corrected chi connectivity index (χ0v) is 10.3. The molecule has 0 aliphatic rings. The van der Waals surface area contributed by atoms with Gasteiger partial charge in [-0.25, -0.2) is 8.78 Å². The minimum atomic E-state index is -1.23. The lowest BCUT2D eigenvalue weighted by Crippen LogP contribution is -2.15. The molecule has 1 aromatic heterocycles. The number of phenolic OH excluding ortho intramolecular Hbond substituents is 1. The first-order chi connectivity index (χ1) is 9.38. The van der Waals surface area contributed by atoms with Crippen LogP contribution in [0.1, 0.15) is 15.9 Å². The van der Waals surface area contributed by atoms with E-state index in [9.17, 15) is 18.4 Å². The monoisotopic (exact) mass is 280 g/mol. The predicted octanol–water partition coefficient (Wildman–Crippen LogP) is 1.92. The molecule has 3 N–H and O–H groups in total. The molecule has 5 nitrogen and oxygen atoms in total. The van der Waals surface area contributed by atoms with Gasteiger partial charge in [0.05, 0.1) is 5.69 Å². The Labute approximate surface area is 111 Å². The number of phenols is 1. The van der Waals surface area contributed by atoms with Gasteiger partial charge in [0.2, 0.25) is 0 Å². The Kier molecular flexibility index (Phi) is 3.51. The number of hydrogen-bond donors (Lipinski definition) is 3. The lowest BCUT2D eigenvalue weighted by atomic mass is 10.2. The Balaban J connectivity index is 2.28. The number of rotatable bonds is 2. The number of pyridine rings is 1. The molecule has 104 valence electrons. The van der Waals surface area contributed by atoms with Crippen molar-refractivity contribution >= 4 is 11.6 Å². The number of benzene rings is 1. The van der Waals surface area contributed by atoms with Crippen molar-refractivity contribution in [2.45, 2.75) is 6.92 Å². The van der Waals surface area contributed by atoms with E-state index in [2.05, 4.69) is 10.3 Å². The molecular weight excluding hydrogens is 270 g/mol. The molecule has 7 heteroatoms. The number of nitrogens with one attached hydrogen (secondary N) is 2. The molecule has 1 heterocycles. The van der Waals surface area contributed by atoms with E-state index in [0.717, 1.165) is 0 Å². The maximum absolute atomic E-state index is 13.1. The molecule has 20 heavy (non-hydrogen) atoms. The van der Waals surface area contributed by atoms with Crippen molar-refractivity contribution in [3.8, 4) is 5.75 Å². The number of aromatic hydroxyl groups is 1. The summed E-state index contributed by atoms with van der Waals surface area (Å²) in [6.07, 6.45) is 1.26. The molecule has 1 amide bonds. The van der Waals surface area contributed by atoms with Gasteiger partial charge in [-0.15, -0.1) is 0 Å². The molecule has 2 aromatic rings. The molecule has 0 unspecified atom stereocenters. The van der Waals surface area contributed by atoms with Crippen LogP contribution in [0.3, 0.4) is 0 Å². The Bertz CT molecular complexity index is 718. The van der Waals surface area contributed by atoms with E-state index < -0.39 is 23.3 Å². The first-order valence-corrected chi connectivity index (χ1v) is 5.57. The number of halogens is 2. The molecular formula is C13H10F2N2O3. The van der Waals surface area contributed by atoms with Gasteiger partial charge in [-0.1, -0.05) is 0 Å². The summed E-state index contributed by atoms with van der Waals surface area (Å²) in [4.78, 5) is 25.4. The number of aromatic nitrogens is 1. The van der Waals surface area contributed by atoms with Crippen molar-refractivity contribution in [3.05, 3.63) is 57.5 Å². The fraction of sp³-hybridized carbons (Fsp3) is 0.0769. The van der Waals surface area contributed by atoms with Gasteiger partial charge in [-0.05, 0) is 25.1 Å². The largest absolute Gasteiger partial charge is 0.503 e. The summed E-state index contributed by atoms with van der Waals surface area (Å²) >= 11 is 0. The maximum Gasteiger partial charge on any atom is 0.255 e. The lowest BCUT2D eigenvalue weighted by Gasteiger charge is -2.07. The molecule has 0 fully saturated rings. The van der Waals surface area contributed by atoms with Crippen LogP contribution < -0.4 is 10.9 Å². The third-order valence-electron chi connectivity index (χ3n) is 2.63. The summed E-state index contributed by atoms with van der Waals surface area (Å²) in [5.74, 6) is -4.36. The molecule has 0 radical (unpaired) electrons. The fourth-order valence-electron chi connectivity index (χ4n) is 1.57. The highest BCUT2D eigenvalue weighted by Crippen LogP contribution is 2.22. The number of H-pyrrole nitrogens is 1. The van der Waals surface area contributed by atoms with E-state index >= 15 is 0 Å². The minimum absolute atomic E-state index is 0.279. The Morgan fingerprint density at radius 1 is 1.25 bits per heavy atom. The van der Waals surface area contributed by atoms with Gasteiger partial charge in [-0.2, -0.15) is 0 Å². The Morgan fingerprint density at radius 2 is 1.85 bits per heavy atom. The summed E-state index contributed by atoms with van der Waals surface area (Å²) in [6.45, 7) is 1.55. The molecule has 0 aliphatic carbocycles. The highest BCUT2D eigenvalue weighted by atomic mass is 19.1. The third-order valence-corrected chi connectivity index (χ3v) is 2.63. The van der Waals surface area contributed by atoms with Gasteiger partial charge in [0.15, 0.2) is 17.4 Å². The maximum atomic E-state index is 13.1. The van der Waals surface area contributed by atoms with Crippen LogP contribution in [0.5, 0.6) is 5.75 Å². The number of carbonyl (C=O) groups is 1. The number of aryl methyl sites for hydroxylation is 1. The average Bonchev–Trinajstić information content (AvgIpc) is 2.39. The molecule has 2 rings (SSSR count). The van der Waals surface area contributed by atoms with Crippen LogP contribution >= 0.6 is 0 Å². The quantitative estimate of drug-likeness (QED) is 0.786. The number of amides is 1. The van der Waals surface area contributed by atoms with Crippen molar-refractivity contribution in [2.24, 2.45) is 0 Å². The molecule has 0 spiro atoms. The normalized spacial score (nSPS) is 10.3. The first-order valence-electron chi connectivity index (χ1n) is 5.57. The van der Waals surface area contributed by atoms with Crippen LogP contribution in [0, 0.1) is 18.6 Å². The molecule has 0 atom stereocenters. The van der Waals surface area contributed by atoms with Crippen LogP contribution in [-0.2, 0) is 0 Å². The van der Waals surface area contributed by atoms with Crippen LogP contribution in [0.25, 0.3) is 0 Å². The highest BCUT2D eigenvalue weighted by Gasteiger charge is 2.14. The summed E-state index contributed by atoms with van der Waals surface area (Å²) in [5.41, 5.74) is 0.0678. The van der Waals surface area contributed by atoms with Crippen molar-refractivity contribution < 1.29 is 18.7 Å². The van der Waals surface area contributed by atoms with Crippen LogP contribution in [0.2, 0.25) is 0 Å². The minimum Gasteiger partial charge on any atom is -0.503 e. The first kappa shape index (κ1) is 13.7. The molecule has 1 aromatic carbocycles. The van der Waals surface area contributed by atoms with E-state index in [-0.39, 0.29) is 16.8 Å². The summed E-state index contributed by atoms with van der Waals surface area (Å²) < 4.78 is 26.3. The van der Waals surface area contributed by atoms with E-state index in [1.807, 2.05) is 0 Å². The summed E-state index contributed by atoms with van der Waals surface area (Å²) in [6, 6.07) is 2.85. The van der Waals surface area contributed by atoms with Crippen LogP contribution in [-0.4, -0.2) is 16.0 Å². The molecule has 0 saturated heterocycles. The van der Waals surface area contributed by atoms with Gasteiger partial charge in [0.25, 0.3) is 11.5 Å². The topological polar surface area (TPSA) is 82.2 Å². The van der Waals surface area contributed by atoms with E-state index in [1.54, 1.807) is 6.92 Å². The zero-order valence-electron chi connectivity index (χ0n) is 10.3. The number of anilines is 1.